The van der Waals surface area contributed by atoms with Gasteiger partial charge in [0.15, 0.2) is 0 Å². The lowest BCUT2D eigenvalue weighted by molar-refractivity contribution is 0.352. The molecule has 0 unspecified atom stereocenters. The van der Waals surface area contributed by atoms with Crippen molar-refractivity contribution in [3.05, 3.63) is 47.6 Å². The lowest BCUT2D eigenvalue weighted by Gasteiger charge is -2.08. The molecule has 0 fully saturated rings. The zero-order chi connectivity index (χ0) is 12.7. The molecule has 0 spiro atoms. The zero-order valence-electron chi connectivity index (χ0n) is 9.60. The topological polar surface area (TPSA) is 56.8 Å². The highest BCUT2D eigenvalue weighted by Gasteiger charge is 2.02. The summed E-state index contributed by atoms with van der Waals surface area (Å²) in [6.45, 7) is 6.03. The van der Waals surface area contributed by atoms with Gasteiger partial charge in [0, 0.05) is 5.56 Å². The number of benzene rings is 1. The Kier molecular flexibility index (Phi) is 4.54. The molecular weight excluding hydrogens is 212 g/mol. The molecule has 0 aliphatic rings. The molecule has 0 aliphatic heterocycles. The molecule has 1 aromatic carbocycles. The molecule has 3 heteroatoms. The van der Waals surface area contributed by atoms with Crippen LogP contribution < -0.4 is 4.74 Å². The second kappa shape index (κ2) is 6.15. The molecule has 0 heterocycles. The van der Waals surface area contributed by atoms with E-state index in [9.17, 15) is 0 Å². The van der Waals surface area contributed by atoms with E-state index in [1.165, 1.54) is 6.08 Å². The minimum atomic E-state index is 0.0522. The van der Waals surface area contributed by atoms with Crippen LogP contribution in [0.2, 0.25) is 0 Å². The molecule has 1 aromatic rings. The standard InChI is InChI=1S/C14H12N2O/c1-11(2)10-17-14-6-4-3-5-13(14)7-12(8-15)9-16/h3-7H,1,10H2,2H3. The Morgan fingerprint density at radius 2 is 2.00 bits per heavy atom. The number of hydrogen-bond donors (Lipinski definition) is 0. The molecule has 17 heavy (non-hydrogen) atoms. The maximum Gasteiger partial charge on any atom is 0.130 e. The van der Waals surface area contributed by atoms with E-state index in [1.807, 2.05) is 31.2 Å². The number of para-hydroxylation sites is 1. The van der Waals surface area contributed by atoms with Crippen LogP contribution in [0.1, 0.15) is 12.5 Å². The number of nitriles is 2. The summed E-state index contributed by atoms with van der Waals surface area (Å²) in [5, 5.41) is 17.4. The number of ether oxygens (including phenoxy) is 1. The van der Waals surface area contributed by atoms with Crippen LogP contribution in [0.5, 0.6) is 5.75 Å². The van der Waals surface area contributed by atoms with Crippen molar-refractivity contribution in [3.63, 3.8) is 0 Å². The normalized spacial score (nSPS) is 8.65. The Labute approximate surface area is 101 Å². The van der Waals surface area contributed by atoms with Crippen molar-refractivity contribution >= 4 is 6.08 Å². The van der Waals surface area contributed by atoms with E-state index < -0.39 is 0 Å². The van der Waals surface area contributed by atoms with Gasteiger partial charge in [-0.05, 0) is 24.6 Å². The minimum Gasteiger partial charge on any atom is -0.489 e. The van der Waals surface area contributed by atoms with E-state index >= 15 is 0 Å². The third-order valence-corrected chi connectivity index (χ3v) is 1.93. The number of allylic oxidation sites excluding steroid dienone is 1. The summed E-state index contributed by atoms with van der Waals surface area (Å²) >= 11 is 0. The van der Waals surface area contributed by atoms with Crippen LogP contribution >= 0.6 is 0 Å². The van der Waals surface area contributed by atoms with Crippen LogP contribution in [0.3, 0.4) is 0 Å². The first kappa shape index (κ1) is 12.5. The van der Waals surface area contributed by atoms with Crippen molar-refractivity contribution in [2.45, 2.75) is 6.92 Å². The van der Waals surface area contributed by atoms with Crippen LogP contribution in [-0.4, -0.2) is 6.61 Å². The lowest BCUT2D eigenvalue weighted by Crippen LogP contribution is -1.98. The fraction of sp³-hybridized carbons (Fsp3) is 0.143. The van der Waals surface area contributed by atoms with Gasteiger partial charge in [-0.3, -0.25) is 0 Å². The zero-order valence-corrected chi connectivity index (χ0v) is 9.60. The molecule has 0 aromatic heterocycles. The maximum absolute atomic E-state index is 8.70. The Hall–Kier alpha value is -2.52. The minimum absolute atomic E-state index is 0.0522. The third-order valence-electron chi connectivity index (χ3n) is 1.93. The van der Waals surface area contributed by atoms with Gasteiger partial charge in [0.2, 0.25) is 0 Å². The summed E-state index contributed by atoms with van der Waals surface area (Å²) in [7, 11) is 0. The molecule has 1 rings (SSSR count). The van der Waals surface area contributed by atoms with Gasteiger partial charge in [-0.1, -0.05) is 24.8 Å². The Morgan fingerprint density at radius 1 is 1.35 bits per heavy atom. The summed E-state index contributed by atoms with van der Waals surface area (Å²) in [6.07, 6.45) is 1.51. The van der Waals surface area contributed by atoms with Gasteiger partial charge in [-0.2, -0.15) is 10.5 Å². The summed E-state index contributed by atoms with van der Waals surface area (Å²) in [5.74, 6) is 0.638. The molecule has 0 amide bonds. The SMILES string of the molecule is C=C(C)COc1ccccc1C=C(C#N)C#N. The van der Waals surface area contributed by atoms with E-state index in [2.05, 4.69) is 6.58 Å². The summed E-state index contributed by atoms with van der Waals surface area (Å²) in [4.78, 5) is 0. The lowest BCUT2D eigenvalue weighted by atomic mass is 10.1. The van der Waals surface area contributed by atoms with Gasteiger partial charge in [0.25, 0.3) is 0 Å². The van der Waals surface area contributed by atoms with Crippen LogP contribution in [0, 0.1) is 22.7 Å². The molecule has 0 saturated heterocycles. The Bertz CT molecular complexity index is 514. The van der Waals surface area contributed by atoms with Gasteiger partial charge in [-0.25, -0.2) is 0 Å². The Morgan fingerprint density at radius 3 is 2.59 bits per heavy atom. The van der Waals surface area contributed by atoms with Gasteiger partial charge in [-0.15, -0.1) is 0 Å². The first-order chi connectivity index (χ1) is 8.17. The van der Waals surface area contributed by atoms with Gasteiger partial charge < -0.3 is 4.74 Å². The van der Waals surface area contributed by atoms with Crippen molar-refractivity contribution < 1.29 is 4.74 Å². The van der Waals surface area contributed by atoms with Gasteiger partial charge in [0.05, 0.1) is 0 Å². The van der Waals surface area contributed by atoms with Crippen LogP contribution in [0.15, 0.2) is 42.0 Å². The molecule has 0 aliphatic carbocycles. The monoisotopic (exact) mass is 224 g/mol. The average Bonchev–Trinajstić information content (AvgIpc) is 2.34. The highest BCUT2D eigenvalue weighted by atomic mass is 16.5. The number of rotatable bonds is 4. The van der Waals surface area contributed by atoms with Crippen molar-refractivity contribution in [1.82, 2.24) is 0 Å². The summed E-state index contributed by atoms with van der Waals surface area (Å²) < 4.78 is 5.53. The van der Waals surface area contributed by atoms with Gasteiger partial charge in [0.1, 0.15) is 30.1 Å². The summed E-state index contributed by atoms with van der Waals surface area (Å²) in [5.41, 5.74) is 1.67. The predicted octanol–water partition coefficient (Wildman–Crippen LogP) is 3.07. The molecule has 3 nitrogen and oxygen atoms in total. The first-order valence-corrected chi connectivity index (χ1v) is 5.05. The molecule has 0 saturated carbocycles. The van der Waals surface area contributed by atoms with E-state index in [0.29, 0.717) is 17.9 Å². The summed E-state index contributed by atoms with van der Waals surface area (Å²) in [6, 6.07) is 10.9. The molecular formula is C14H12N2O. The molecule has 0 bridgehead atoms. The second-order valence-corrected chi connectivity index (χ2v) is 3.57. The van der Waals surface area contributed by atoms with E-state index in [1.54, 1.807) is 12.1 Å². The van der Waals surface area contributed by atoms with Crippen LogP contribution in [-0.2, 0) is 0 Å². The molecule has 0 N–H and O–H groups in total. The number of hydrogen-bond acceptors (Lipinski definition) is 3. The Balaban J connectivity index is 3.01. The van der Waals surface area contributed by atoms with E-state index in [0.717, 1.165) is 5.57 Å². The molecule has 0 radical (unpaired) electrons. The van der Waals surface area contributed by atoms with Crippen LogP contribution in [0.4, 0.5) is 0 Å². The van der Waals surface area contributed by atoms with Crippen molar-refractivity contribution in [2.75, 3.05) is 6.61 Å². The second-order valence-electron chi connectivity index (χ2n) is 3.57. The van der Waals surface area contributed by atoms with Crippen molar-refractivity contribution in [2.24, 2.45) is 0 Å². The van der Waals surface area contributed by atoms with E-state index in [4.69, 9.17) is 15.3 Å². The average molecular weight is 224 g/mol. The van der Waals surface area contributed by atoms with Crippen LogP contribution in [0.25, 0.3) is 6.08 Å². The highest BCUT2D eigenvalue weighted by molar-refractivity contribution is 5.66. The third kappa shape index (κ3) is 3.85. The predicted molar refractivity (Wildman–Crippen MR) is 66.0 cm³/mol. The largest absolute Gasteiger partial charge is 0.489 e. The molecule has 0 atom stereocenters. The fourth-order valence-corrected chi connectivity index (χ4v) is 1.18. The van der Waals surface area contributed by atoms with E-state index in [-0.39, 0.29) is 5.57 Å². The maximum atomic E-state index is 8.70. The fourth-order valence-electron chi connectivity index (χ4n) is 1.18. The quantitative estimate of drug-likeness (QED) is 0.583. The molecule has 84 valence electrons. The first-order valence-electron chi connectivity index (χ1n) is 5.05. The highest BCUT2D eigenvalue weighted by Crippen LogP contribution is 2.21. The van der Waals surface area contributed by atoms with Gasteiger partial charge >= 0.3 is 0 Å². The van der Waals surface area contributed by atoms with Crippen molar-refractivity contribution in [1.29, 1.82) is 10.5 Å². The van der Waals surface area contributed by atoms with Crippen molar-refractivity contribution in [3.8, 4) is 17.9 Å². The number of nitrogens with zero attached hydrogens (tertiary/aromatic N) is 2. The smallest absolute Gasteiger partial charge is 0.130 e.